The monoisotopic (exact) mass is 253 g/mol. The summed E-state index contributed by atoms with van der Waals surface area (Å²) in [7, 11) is 0. The van der Waals surface area contributed by atoms with Crippen LogP contribution in [0.2, 0.25) is 0 Å². The fourth-order valence-electron chi connectivity index (χ4n) is 2.85. The predicted molar refractivity (Wildman–Crippen MR) is 71.2 cm³/mol. The van der Waals surface area contributed by atoms with Crippen LogP contribution in [-0.4, -0.2) is 24.2 Å². The second kappa shape index (κ2) is 5.85. The smallest absolute Gasteiger partial charge is 0.111 e. The van der Waals surface area contributed by atoms with E-state index in [0.29, 0.717) is 6.23 Å². The number of hydrogen-bond acceptors (Lipinski definition) is 2. The van der Waals surface area contributed by atoms with E-state index < -0.39 is 0 Å². The van der Waals surface area contributed by atoms with Crippen LogP contribution in [0.5, 0.6) is 0 Å². The van der Waals surface area contributed by atoms with Gasteiger partial charge in [-0.3, -0.25) is 4.90 Å². The highest BCUT2D eigenvalue weighted by Crippen LogP contribution is 2.32. The third-order valence-electron chi connectivity index (χ3n) is 3.88. The first-order valence-corrected chi connectivity index (χ1v) is 6.31. The van der Waals surface area contributed by atoms with E-state index in [0.717, 1.165) is 12.5 Å². The molecule has 0 amide bonds. The van der Waals surface area contributed by atoms with Crippen LogP contribution in [0.3, 0.4) is 0 Å². The second-order valence-corrected chi connectivity index (χ2v) is 4.97. The van der Waals surface area contributed by atoms with Crippen molar-refractivity contribution in [3.05, 3.63) is 35.9 Å². The van der Waals surface area contributed by atoms with Crippen LogP contribution in [-0.2, 0) is 11.3 Å². The molecule has 4 rings (SSSR count). The van der Waals surface area contributed by atoms with Gasteiger partial charge in [0, 0.05) is 13.1 Å². The number of fused-ring (bicyclic) bond motifs is 3. The van der Waals surface area contributed by atoms with Crippen LogP contribution in [0.25, 0.3) is 0 Å². The number of ether oxygens (including phenoxy) is 1. The minimum absolute atomic E-state index is 0. The van der Waals surface area contributed by atoms with Gasteiger partial charge in [-0.05, 0) is 30.7 Å². The molecule has 17 heavy (non-hydrogen) atoms. The lowest BCUT2D eigenvalue weighted by atomic mass is 9.87. The van der Waals surface area contributed by atoms with Crippen molar-refractivity contribution in [2.45, 2.75) is 32.1 Å². The molecular formula is C14H20ClNO. The van der Waals surface area contributed by atoms with E-state index in [9.17, 15) is 0 Å². The molecule has 1 aromatic carbocycles. The summed E-state index contributed by atoms with van der Waals surface area (Å²) in [5.74, 6) is 0.922. The summed E-state index contributed by atoms with van der Waals surface area (Å²) in [5, 5.41) is 0. The summed E-state index contributed by atoms with van der Waals surface area (Å²) in [6.07, 6.45) is 4.39. The standard InChI is InChI=1S/C14H19NO.ClH/c1-2-4-13(5-3-1)11-16-14-10-12-6-8-15(14)9-7-12;/h1-5,12,14H,6-11H2;1H. The van der Waals surface area contributed by atoms with Crippen molar-refractivity contribution in [2.75, 3.05) is 13.1 Å². The third kappa shape index (κ3) is 3.01. The molecule has 1 unspecified atom stereocenters. The Kier molecular flexibility index (Phi) is 4.43. The highest BCUT2D eigenvalue weighted by molar-refractivity contribution is 5.85. The van der Waals surface area contributed by atoms with Gasteiger partial charge in [-0.25, -0.2) is 0 Å². The van der Waals surface area contributed by atoms with Crippen molar-refractivity contribution < 1.29 is 4.74 Å². The first-order valence-electron chi connectivity index (χ1n) is 6.31. The van der Waals surface area contributed by atoms with E-state index in [4.69, 9.17) is 4.74 Å². The summed E-state index contributed by atoms with van der Waals surface area (Å²) >= 11 is 0. The Bertz CT molecular complexity index is 335. The van der Waals surface area contributed by atoms with Gasteiger partial charge in [-0.15, -0.1) is 12.4 Å². The fraction of sp³-hybridized carbons (Fsp3) is 0.571. The van der Waals surface area contributed by atoms with Crippen molar-refractivity contribution in [2.24, 2.45) is 5.92 Å². The number of nitrogens with zero attached hydrogens (tertiary/aromatic N) is 1. The molecule has 3 aliphatic rings. The van der Waals surface area contributed by atoms with E-state index in [2.05, 4.69) is 35.2 Å². The molecule has 3 fully saturated rings. The van der Waals surface area contributed by atoms with Gasteiger partial charge in [0.2, 0.25) is 0 Å². The van der Waals surface area contributed by atoms with Gasteiger partial charge in [0.25, 0.3) is 0 Å². The lowest BCUT2D eigenvalue weighted by Crippen LogP contribution is -2.49. The van der Waals surface area contributed by atoms with Crippen molar-refractivity contribution in [3.63, 3.8) is 0 Å². The highest BCUT2D eigenvalue weighted by Gasteiger charge is 2.33. The van der Waals surface area contributed by atoms with Gasteiger partial charge in [0.1, 0.15) is 6.23 Å². The van der Waals surface area contributed by atoms with Crippen molar-refractivity contribution in [1.82, 2.24) is 4.90 Å². The maximum atomic E-state index is 6.03. The molecule has 3 aliphatic heterocycles. The van der Waals surface area contributed by atoms with Crippen LogP contribution in [0.15, 0.2) is 30.3 Å². The van der Waals surface area contributed by atoms with Crippen molar-refractivity contribution >= 4 is 12.4 Å². The summed E-state index contributed by atoms with van der Waals surface area (Å²) in [6, 6.07) is 10.5. The zero-order valence-electron chi connectivity index (χ0n) is 10.0. The normalized spacial score (nSPS) is 30.9. The largest absolute Gasteiger partial charge is 0.358 e. The molecule has 0 saturated carbocycles. The van der Waals surface area contributed by atoms with Gasteiger partial charge in [-0.1, -0.05) is 30.3 Å². The van der Waals surface area contributed by atoms with Crippen LogP contribution in [0.1, 0.15) is 24.8 Å². The minimum atomic E-state index is 0. The van der Waals surface area contributed by atoms with Crippen molar-refractivity contribution in [1.29, 1.82) is 0 Å². The van der Waals surface area contributed by atoms with E-state index >= 15 is 0 Å². The molecule has 1 atom stereocenters. The second-order valence-electron chi connectivity index (χ2n) is 4.97. The quantitative estimate of drug-likeness (QED) is 0.821. The lowest BCUT2D eigenvalue weighted by molar-refractivity contribution is -0.126. The Morgan fingerprint density at radius 3 is 2.41 bits per heavy atom. The SMILES string of the molecule is Cl.c1ccc(COC2CC3CCN2CC3)cc1. The minimum Gasteiger partial charge on any atom is -0.358 e. The average Bonchev–Trinajstić information content (AvgIpc) is 2.39. The molecule has 0 aliphatic carbocycles. The predicted octanol–water partition coefficient (Wildman–Crippen LogP) is 3.07. The number of rotatable bonds is 3. The lowest BCUT2D eigenvalue weighted by Gasteiger charge is -2.44. The van der Waals surface area contributed by atoms with Gasteiger partial charge >= 0.3 is 0 Å². The van der Waals surface area contributed by atoms with E-state index in [1.807, 2.05) is 0 Å². The highest BCUT2D eigenvalue weighted by atomic mass is 35.5. The molecule has 2 bridgehead atoms. The molecule has 2 nitrogen and oxygen atoms in total. The molecule has 3 heterocycles. The van der Waals surface area contributed by atoms with Crippen LogP contribution in [0.4, 0.5) is 0 Å². The Hall–Kier alpha value is -0.570. The maximum Gasteiger partial charge on any atom is 0.111 e. The fourth-order valence-corrected chi connectivity index (χ4v) is 2.85. The molecule has 0 N–H and O–H groups in total. The van der Waals surface area contributed by atoms with E-state index in [1.54, 1.807) is 0 Å². The van der Waals surface area contributed by atoms with Crippen LogP contribution in [0, 0.1) is 5.92 Å². The average molecular weight is 254 g/mol. The van der Waals surface area contributed by atoms with E-state index in [-0.39, 0.29) is 12.4 Å². The zero-order chi connectivity index (χ0) is 10.8. The molecule has 94 valence electrons. The topological polar surface area (TPSA) is 12.5 Å². The van der Waals surface area contributed by atoms with Gasteiger partial charge in [0.15, 0.2) is 0 Å². The Morgan fingerprint density at radius 2 is 1.82 bits per heavy atom. The molecule has 3 saturated heterocycles. The molecular weight excluding hydrogens is 234 g/mol. The number of piperidine rings is 3. The summed E-state index contributed by atoms with van der Waals surface area (Å²) in [5.41, 5.74) is 1.28. The molecule has 0 aromatic heterocycles. The maximum absolute atomic E-state index is 6.03. The first kappa shape index (κ1) is 12.9. The van der Waals surface area contributed by atoms with E-state index in [1.165, 1.54) is 37.9 Å². The molecule has 0 radical (unpaired) electrons. The molecule has 1 aromatic rings. The Labute approximate surface area is 109 Å². The summed E-state index contributed by atoms with van der Waals surface area (Å²) < 4.78 is 6.03. The number of hydrogen-bond donors (Lipinski definition) is 0. The molecule has 3 heteroatoms. The van der Waals surface area contributed by atoms with Crippen LogP contribution >= 0.6 is 12.4 Å². The first-order chi connectivity index (χ1) is 7.92. The summed E-state index contributed by atoms with van der Waals surface area (Å²) in [4.78, 5) is 2.50. The Balaban J connectivity index is 0.00000108. The zero-order valence-corrected chi connectivity index (χ0v) is 10.9. The molecule has 0 spiro atoms. The van der Waals surface area contributed by atoms with Gasteiger partial charge in [-0.2, -0.15) is 0 Å². The van der Waals surface area contributed by atoms with Crippen molar-refractivity contribution in [3.8, 4) is 0 Å². The van der Waals surface area contributed by atoms with Gasteiger partial charge in [0.05, 0.1) is 6.61 Å². The summed E-state index contributed by atoms with van der Waals surface area (Å²) in [6.45, 7) is 3.24. The number of benzene rings is 1. The number of halogens is 1. The third-order valence-corrected chi connectivity index (χ3v) is 3.88. The van der Waals surface area contributed by atoms with Crippen LogP contribution < -0.4 is 0 Å². The van der Waals surface area contributed by atoms with Gasteiger partial charge < -0.3 is 4.74 Å². The Morgan fingerprint density at radius 1 is 1.12 bits per heavy atom.